The van der Waals surface area contributed by atoms with Gasteiger partial charge in [0.2, 0.25) is 5.91 Å². The lowest BCUT2D eigenvalue weighted by molar-refractivity contribution is 0.0908. The Morgan fingerprint density at radius 2 is 2.26 bits per heavy atom. The van der Waals surface area contributed by atoms with Gasteiger partial charge in [-0.25, -0.2) is 0 Å². The molecule has 102 valence electrons. The molecule has 6 heteroatoms. The molecule has 1 aromatic heterocycles. The Labute approximate surface area is 111 Å². The second kappa shape index (κ2) is 5.79. The van der Waals surface area contributed by atoms with Gasteiger partial charge in [0.05, 0.1) is 5.56 Å². The lowest BCUT2D eigenvalue weighted by Crippen LogP contribution is -2.50. The fourth-order valence-corrected chi connectivity index (χ4v) is 2.10. The maximum atomic E-state index is 12.0. The molecule has 0 aliphatic carbocycles. The first-order valence-electron chi connectivity index (χ1n) is 6.35. The first-order chi connectivity index (χ1) is 9.08. The molecule has 1 aliphatic heterocycles. The van der Waals surface area contributed by atoms with E-state index in [1.54, 1.807) is 0 Å². The van der Waals surface area contributed by atoms with Gasteiger partial charge in [0, 0.05) is 18.8 Å². The fraction of sp³-hybridized carbons (Fsp3) is 0.462. The summed E-state index contributed by atoms with van der Waals surface area (Å²) >= 11 is 0. The van der Waals surface area contributed by atoms with Crippen LogP contribution in [0.5, 0.6) is 0 Å². The second-order valence-electron chi connectivity index (χ2n) is 4.85. The Balaban J connectivity index is 2.01. The van der Waals surface area contributed by atoms with Gasteiger partial charge >= 0.3 is 0 Å². The number of nitrogens with one attached hydrogen (secondary N) is 2. The molecule has 1 saturated heterocycles. The summed E-state index contributed by atoms with van der Waals surface area (Å²) in [5.41, 5.74) is 5.71. The lowest BCUT2D eigenvalue weighted by Gasteiger charge is -2.30. The summed E-state index contributed by atoms with van der Waals surface area (Å²) in [5, 5.41) is 6.20. The summed E-state index contributed by atoms with van der Waals surface area (Å²) in [6.45, 7) is 3.88. The summed E-state index contributed by atoms with van der Waals surface area (Å²) in [6, 6.07) is 3.13. The minimum absolute atomic E-state index is 0.110. The summed E-state index contributed by atoms with van der Waals surface area (Å²) in [6.07, 6.45) is 2.36. The van der Waals surface area contributed by atoms with Crippen LogP contribution in [0.4, 0.5) is 0 Å². The van der Waals surface area contributed by atoms with Gasteiger partial charge in [-0.1, -0.05) is 6.92 Å². The minimum atomic E-state index is -0.551. The summed E-state index contributed by atoms with van der Waals surface area (Å²) < 4.78 is 0. The largest absolute Gasteiger partial charge is 0.366 e. The number of carbonyl (C=O) groups is 2. The Morgan fingerprint density at radius 1 is 1.47 bits per heavy atom. The number of aromatic nitrogens is 1. The number of hydrogen-bond acceptors (Lipinski definition) is 4. The van der Waals surface area contributed by atoms with Gasteiger partial charge in [-0.3, -0.25) is 14.6 Å². The monoisotopic (exact) mass is 262 g/mol. The van der Waals surface area contributed by atoms with Crippen LogP contribution >= 0.6 is 0 Å². The molecule has 4 N–H and O–H groups in total. The number of nitrogens with zero attached hydrogens (tertiary/aromatic N) is 1. The van der Waals surface area contributed by atoms with E-state index in [9.17, 15) is 9.59 Å². The number of pyridine rings is 1. The van der Waals surface area contributed by atoms with E-state index in [1.807, 2.05) is 0 Å². The zero-order chi connectivity index (χ0) is 13.8. The first-order valence-corrected chi connectivity index (χ1v) is 6.35. The molecule has 2 unspecified atom stereocenters. The maximum absolute atomic E-state index is 12.0. The summed E-state index contributed by atoms with van der Waals surface area (Å²) in [5.74, 6) is -0.337. The molecule has 2 rings (SSSR count). The van der Waals surface area contributed by atoms with E-state index < -0.39 is 5.91 Å². The van der Waals surface area contributed by atoms with Gasteiger partial charge in [0.25, 0.3) is 5.91 Å². The van der Waals surface area contributed by atoms with E-state index in [0.29, 0.717) is 17.2 Å². The quantitative estimate of drug-likeness (QED) is 0.709. The van der Waals surface area contributed by atoms with Crippen LogP contribution in [0.25, 0.3) is 0 Å². The third-order valence-corrected chi connectivity index (χ3v) is 3.42. The molecule has 0 saturated carbocycles. The number of amides is 2. The molecule has 2 amide bonds. The summed E-state index contributed by atoms with van der Waals surface area (Å²) in [7, 11) is 0. The van der Waals surface area contributed by atoms with Crippen molar-refractivity contribution in [3.05, 3.63) is 29.6 Å². The van der Waals surface area contributed by atoms with E-state index in [-0.39, 0.29) is 11.9 Å². The molecule has 1 aliphatic rings. The Morgan fingerprint density at radius 3 is 2.84 bits per heavy atom. The van der Waals surface area contributed by atoms with Crippen LogP contribution in [0.1, 0.15) is 34.2 Å². The fourth-order valence-electron chi connectivity index (χ4n) is 2.10. The van der Waals surface area contributed by atoms with Gasteiger partial charge in [-0.2, -0.15) is 0 Å². The third kappa shape index (κ3) is 3.29. The molecule has 0 bridgehead atoms. The Bertz CT molecular complexity index is 472. The smallest absolute Gasteiger partial charge is 0.270 e. The second-order valence-corrected chi connectivity index (χ2v) is 4.85. The van der Waals surface area contributed by atoms with Gasteiger partial charge in [0.1, 0.15) is 5.69 Å². The molecule has 19 heavy (non-hydrogen) atoms. The minimum Gasteiger partial charge on any atom is -0.366 e. The van der Waals surface area contributed by atoms with Crippen molar-refractivity contribution in [1.29, 1.82) is 0 Å². The number of piperidine rings is 1. The van der Waals surface area contributed by atoms with Crippen molar-refractivity contribution >= 4 is 11.8 Å². The maximum Gasteiger partial charge on any atom is 0.270 e. The predicted octanol–water partition coefficient (Wildman–Crippen LogP) is -0.0917. The van der Waals surface area contributed by atoms with E-state index in [1.165, 1.54) is 18.3 Å². The van der Waals surface area contributed by atoms with E-state index in [4.69, 9.17) is 5.73 Å². The highest BCUT2D eigenvalue weighted by Gasteiger charge is 2.23. The van der Waals surface area contributed by atoms with Crippen LogP contribution in [-0.4, -0.2) is 35.9 Å². The van der Waals surface area contributed by atoms with E-state index >= 15 is 0 Å². The van der Waals surface area contributed by atoms with Crippen LogP contribution in [0.2, 0.25) is 0 Å². The molecule has 6 nitrogen and oxygen atoms in total. The molecule has 0 radical (unpaired) electrons. The van der Waals surface area contributed by atoms with Gasteiger partial charge in [-0.15, -0.1) is 0 Å². The number of primary amides is 1. The molecular formula is C13H18N4O2. The molecule has 1 fully saturated rings. The first kappa shape index (κ1) is 13.5. The highest BCUT2D eigenvalue weighted by atomic mass is 16.2. The lowest BCUT2D eigenvalue weighted by atomic mass is 9.95. The Hall–Kier alpha value is -1.95. The van der Waals surface area contributed by atoms with Crippen molar-refractivity contribution in [3.63, 3.8) is 0 Å². The van der Waals surface area contributed by atoms with Crippen molar-refractivity contribution in [2.75, 3.05) is 13.1 Å². The zero-order valence-corrected chi connectivity index (χ0v) is 10.8. The van der Waals surface area contributed by atoms with Crippen LogP contribution < -0.4 is 16.4 Å². The van der Waals surface area contributed by atoms with Gasteiger partial charge in [-0.05, 0) is 31.0 Å². The van der Waals surface area contributed by atoms with Gasteiger partial charge in [0.15, 0.2) is 0 Å². The van der Waals surface area contributed by atoms with Crippen LogP contribution in [0, 0.1) is 5.92 Å². The van der Waals surface area contributed by atoms with E-state index in [2.05, 4.69) is 22.5 Å². The molecule has 2 atom stereocenters. The van der Waals surface area contributed by atoms with Gasteiger partial charge < -0.3 is 16.4 Å². The Kier molecular flexibility index (Phi) is 4.11. The van der Waals surface area contributed by atoms with Crippen LogP contribution in [0.15, 0.2) is 18.3 Å². The van der Waals surface area contributed by atoms with Crippen molar-refractivity contribution < 1.29 is 9.59 Å². The predicted molar refractivity (Wildman–Crippen MR) is 70.7 cm³/mol. The van der Waals surface area contributed by atoms with Crippen molar-refractivity contribution in [3.8, 4) is 0 Å². The molecule has 1 aromatic rings. The van der Waals surface area contributed by atoms with Crippen LogP contribution in [0.3, 0.4) is 0 Å². The zero-order valence-electron chi connectivity index (χ0n) is 10.8. The highest BCUT2D eigenvalue weighted by molar-refractivity contribution is 5.95. The molecule has 2 heterocycles. The number of hydrogen-bond donors (Lipinski definition) is 3. The van der Waals surface area contributed by atoms with Crippen molar-refractivity contribution in [2.45, 2.75) is 19.4 Å². The normalized spacial score (nSPS) is 22.8. The molecule has 0 spiro atoms. The van der Waals surface area contributed by atoms with E-state index in [0.717, 1.165) is 19.5 Å². The number of rotatable bonds is 3. The number of nitrogens with two attached hydrogens (primary N) is 1. The average Bonchev–Trinajstić information content (AvgIpc) is 2.41. The molecule has 0 aromatic carbocycles. The third-order valence-electron chi connectivity index (χ3n) is 3.42. The molecular weight excluding hydrogens is 244 g/mol. The summed E-state index contributed by atoms with van der Waals surface area (Å²) in [4.78, 5) is 26.9. The standard InChI is InChI=1S/C13H18N4O2/c1-8-4-5-15-7-11(8)17-13(19)10-3-2-9(6-16-10)12(14)18/h2-3,6,8,11,15H,4-5,7H2,1H3,(H2,14,18)(H,17,19). The SMILES string of the molecule is CC1CCNCC1NC(=O)c1ccc(C(N)=O)cn1. The topological polar surface area (TPSA) is 97.1 Å². The van der Waals surface area contributed by atoms with Crippen molar-refractivity contribution in [2.24, 2.45) is 11.7 Å². The average molecular weight is 262 g/mol. The van der Waals surface area contributed by atoms with Crippen LogP contribution in [-0.2, 0) is 0 Å². The highest BCUT2D eigenvalue weighted by Crippen LogP contribution is 2.11. The number of carbonyl (C=O) groups excluding carboxylic acids is 2. The van der Waals surface area contributed by atoms with Crippen molar-refractivity contribution in [1.82, 2.24) is 15.6 Å².